The first-order valence-corrected chi connectivity index (χ1v) is 7.74. The molecular formula is C16H19N3O3. The van der Waals surface area contributed by atoms with Crippen LogP contribution in [0.2, 0.25) is 0 Å². The van der Waals surface area contributed by atoms with E-state index in [4.69, 9.17) is 8.94 Å². The summed E-state index contributed by atoms with van der Waals surface area (Å²) < 4.78 is 10.5. The maximum atomic E-state index is 12.6. The van der Waals surface area contributed by atoms with E-state index < -0.39 is 0 Å². The van der Waals surface area contributed by atoms with Gasteiger partial charge in [-0.15, -0.1) is 0 Å². The first-order chi connectivity index (χ1) is 10.7. The van der Waals surface area contributed by atoms with Crippen molar-refractivity contribution in [1.29, 1.82) is 0 Å². The van der Waals surface area contributed by atoms with Crippen LogP contribution >= 0.6 is 0 Å². The Bertz CT molecular complexity index is 652. The zero-order valence-electron chi connectivity index (χ0n) is 12.5. The Morgan fingerprint density at radius 3 is 2.77 bits per heavy atom. The number of amides is 1. The molecule has 2 aliphatic rings. The molecule has 2 aliphatic heterocycles. The molecule has 2 unspecified atom stereocenters. The summed E-state index contributed by atoms with van der Waals surface area (Å²) in [6.07, 6.45) is 6.03. The summed E-state index contributed by atoms with van der Waals surface area (Å²) in [4.78, 5) is 14.4. The number of hydrogen-bond acceptors (Lipinski definition) is 5. The molecule has 6 heteroatoms. The maximum absolute atomic E-state index is 12.6. The Morgan fingerprint density at radius 2 is 2.09 bits per heavy atom. The van der Waals surface area contributed by atoms with Crippen molar-refractivity contribution in [3.05, 3.63) is 30.2 Å². The molecule has 22 heavy (non-hydrogen) atoms. The van der Waals surface area contributed by atoms with Crippen molar-refractivity contribution < 1.29 is 13.7 Å². The normalized spacial score (nSPS) is 27.0. The Kier molecular flexibility index (Phi) is 3.26. The number of carbonyl (C=O) groups excluding carboxylic acids is 1. The molecule has 2 aromatic rings. The van der Waals surface area contributed by atoms with Gasteiger partial charge in [0, 0.05) is 31.2 Å². The minimum atomic E-state index is -0.0899. The van der Waals surface area contributed by atoms with E-state index in [1.807, 2.05) is 11.9 Å². The Balaban J connectivity index is 1.49. The summed E-state index contributed by atoms with van der Waals surface area (Å²) in [5.41, 5.74) is 0.333. The van der Waals surface area contributed by atoms with E-state index in [2.05, 4.69) is 10.5 Å². The zero-order chi connectivity index (χ0) is 15.1. The lowest BCUT2D eigenvalue weighted by molar-refractivity contribution is 0.0671. The quantitative estimate of drug-likeness (QED) is 0.941. The highest BCUT2D eigenvalue weighted by atomic mass is 16.5. The molecular weight excluding hydrogens is 282 g/mol. The van der Waals surface area contributed by atoms with Gasteiger partial charge in [-0.1, -0.05) is 5.16 Å². The Hall–Kier alpha value is -2.08. The van der Waals surface area contributed by atoms with Crippen LogP contribution in [0.5, 0.6) is 0 Å². The molecule has 2 fully saturated rings. The molecule has 2 saturated heterocycles. The van der Waals surface area contributed by atoms with Gasteiger partial charge in [0.05, 0.1) is 6.26 Å². The molecule has 1 amide bonds. The van der Waals surface area contributed by atoms with Gasteiger partial charge in [-0.05, 0) is 37.8 Å². The molecule has 2 atom stereocenters. The van der Waals surface area contributed by atoms with E-state index >= 15 is 0 Å². The number of nitrogens with one attached hydrogen (secondary N) is 1. The van der Waals surface area contributed by atoms with E-state index in [0.717, 1.165) is 12.8 Å². The second-order valence-electron chi connectivity index (χ2n) is 6.23. The summed E-state index contributed by atoms with van der Waals surface area (Å²) in [5.74, 6) is 0.967. The van der Waals surface area contributed by atoms with Crippen LogP contribution in [0.4, 0.5) is 0 Å². The van der Waals surface area contributed by atoms with Crippen LogP contribution in [0.25, 0.3) is 11.5 Å². The number of nitrogens with zero attached hydrogens (tertiary/aromatic N) is 2. The van der Waals surface area contributed by atoms with Crippen LogP contribution in [0.3, 0.4) is 0 Å². The van der Waals surface area contributed by atoms with Crippen LogP contribution in [0, 0.1) is 0 Å². The fourth-order valence-electron chi connectivity index (χ4n) is 3.60. The van der Waals surface area contributed by atoms with Crippen molar-refractivity contribution >= 4 is 5.91 Å². The van der Waals surface area contributed by atoms with Gasteiger partial charge in [-0.3, -0.25) is 4.79 Å². The third-order valence-corrected chi connectivity index (χ3v) is 4.81. The van der Waals surface area contributed by atoms with Crippen LogP contribution < -0.4 is 5.32 Å². The van der Waals surface area contributed by atoms with Crippen molar-refractivity contribution in [2.24, 2.45) is 0 Å². The maximum Gasteiger partial charge on any atom is 0.276 e. The van der Waals surface area contributed by atoms with Crippen molar-refractivity contribution in [3.8, 4) is 11.5 Å². The van der Waals surface area contributed by atoms with Crippen LogP contribution in [0.15, 0.2) is 33.4 Å². The third-order valence-electron chi connectivity index (χ3n) is 4.81. The van der Waals surface area contributed by atoms with Gasteiger partial charge in [-0.2, -0.15) is 0 Å². The van der Waals surface area contributed by atoms with E-state index in [9.17, 15) is 4.79 Å². The molecule has 116 valence electrons. The second-order valence-corrected chi connectivity index (χ2v) is 6.23. The number of aromatic nitrogens is 1. The van der Waals surface area contributed by atoms with Gasteiger partial charge >= 0.3 is 0 Å². The first kappa shape index (κ1) is 13.6. The number of furan rings is 1. The largest absolute Gasteiger partial charge is 0.461 e. The molecule has 1 N–H and O–H groups in total. The SMILES string of the molecule is CN(C(=O)c1cc(-c2ccco2)on1)C1CC2CCC(C1)N2. The zero-order valence-corrected chi connectivity index (χ0v) is 12.5. The predicted octanol–water partition coefficient (Wildman–Crippen LogP) is 2.29. The van der Waals surface area contributed by atoms with E-state index in [-0.39, 0.29) is 11.9 Å². The summed E-state index contributed by atoms with van der Waals surface area (Å²) in [7, 11) is 1.86. The lowest BCUT2D eigenvalue weighted by Gasteiger charge is -2.35. The molecule has 2 aromatic heterocycles. The van der Waals surface area contributed by atoms with E-state index in [1.165, 1.54) is 12.8 Å². The van der Waals surface area contributed by atoms with Gasteiger partial charge in [0.25, 0.3) is 5.91 Å². The Labute approximate surface area is 128 Å². The minimum Gasteiger partial charge on any atom is -0.461 e. The fourth-order valence-corrected chi connectivity index (χ4v) is 3.60. The van der Waals surface area contributed by atoms with E-state index in [0.29, 0.717) is 29.3 Å². The van der Waals surface area contributed by atoms with Gasteiger partial charge in [-0.25, -0.2) is 0 Å². The fraction of sp³-hybridized carbons (Fsp3) is 0.500. The highest BCUT2D eigenvalue weighted by molar-refractivity contribution is 5.93. The number of hydrogen-bond donors (Lipinski definition) is 1. The average molecular weight is 301 g/mol. The van der Waals surface area contributed by atoms with Crippen molar-refractivity contribution in [2.45, 2.75) is 43.8 Å². The van der Waals surface area contributed by atoms with E-state index in [1.54, 1.807) is 24.5 Å². The van der Waals surface area contributed by atoms with Crippen molar-refractivity contribution in [2.75, 3.05) is 7.05 Å². The predicted molar refractivity (Wildman–Crippen MR) is 79.3 cm³/mol. The van der Waals surface area contributed by atoms with Gasteiger partial charge < -0.3 is 19.2 Å². The summed E-state index contributed by atoms with van der Waals surface area (Å²) in [6, 6.07) is 6.58. The molecule has 0 spiro atoms. The molecule has 0 aliphatic carbocycles. The third kappa shape index (κ3) is 2.33. The van der Waals surface area contributed by atoms with Crippen molar-refractivity contribution in [1.82, 2.24) is 15.4 Å². The van der Waals surface area contributed by atoms with Gasteiger partial charge in [0.15, 0.2) is 11.5 Å². The van der Waals surface area contributed by atoms with Crippen molar-refractivity contribution in [3.63, 3.8) is 0 Å². The molecule has 0 radical (unpaired) electrons. The first-order valence-electron chi connectivity index (χ1n) is 7.74. The summed E-state index contributed by atoms with van der Waals surface area (Å²) in [6.45, 7) is 0. The average Bonchev–Trinajstić information content (AvgIpc) is 3.25. The Morgan fingerprint density at radius 1 is 1.32 bits per heavy atom. The standard InChI is InChI=1S/C16H19N3O3/c1-19(12-7-10-4-5-11(8-12)17-10)16(20)13-9-15(22-18-13)14-3-2-6-21-14/h2-3,6,9-12,17H,4-5,7-8H2,1H3. The molecule has 6 nitrogen and oxygen atoms in total. The molecule has 4 rings (SSSR count). The highest BCUT2D eigenvalue weighted by Gasteiger charge is 2.37. The van der Waals surface area contributed by atoms with Gasteiger partial charge in [0.2, 0.25) is 5.76 Å². The number of carbonyl (C=O) groups is 1. The van der Waals surface area contributed by atoms with Crippen LogP contribution in [-0.4, -0.2) is 41.1 Å². The molecule has 0 aromatic carbocycles. The lowest BCUT2D eigenvalue weighted by Crippen LogP contribution is -2.48. The minimum absolute atomic E-state index is 0.0899. The lowest BCUT2D eigenvalue weighted by atomic mass is 9.98. The molecule has 0 saturated carbocycles. The van der Waals surface area contributed by atoms with Crippen LogP contribution in [-0.2, 0) is 0 Å². The molecule has 2 bridgehead atoms. The highest BCUT2D eigenvalue weighted by Crippen LogP contribution is 2.30. The monoisotopic (exact) mass is 301 g/mol. The summed E-state index contributed by atoms with van der Waals surface area (Å²) >= 11 is 0. The molecule has 4 heterocycles. The van der Waals surface area contributed by atoms with Gasteiger partial charge in [0.1, 0.15) is 0 Å². The summed E-state index contributed by atoms with van der Waals surface area (Å²) in [5, 5.41) is 7.49. The smallest absolute Gasteiger partial charge is 0.276 e. The second kappa shape index (κ2) is 5.28. The topological polar surface area (TPSA) is 71.5 Å². The number of fused-ring (bicyclic) bond motifs is 2. The number of rotatable bonds is 3. The van der Waals surface area contributed by atoms with Crippen LogP contribution in [0.1, 0.15) is 36.2 Å². The number of piperidine rings is 1.